The minimum atomic E-state index is -0.113. The summed E-state index contributed by atoms with van der Waals surface area (Å²) < 4.78 is 4.72. The van der Waals surface area contributed by atoms with Crippen LogP contribution in [0.2, 0.25) is 0 Å². The summed E-state index contributed by atoms with van der Waals surface area (Å²) >= 11 is 0. The molecule has 1 fully saturated rings. The predicted octanol–water partition coefficient (Wildman–Crippen LogP) is 1.63. The van der Waals surface area contributed by atoms with E-state index in [9.17, 15) is 9.59 Å². The summed E-state index contributed by atoms with van der Waals surface area (Å²) in [5, 5.41) is 3.01. The summed E-state index contributed by atoms with van der Waals surface area (Å²) in [6.45, 7) is 1.99. The van der Waals surface area contributed by atoms with Crippen LogP contribution in [0, 0.1) is 5.92 Å². The van der Waals surface area contributed by atoms with Gasteiger partial charge in [-0.05, 0) is 32.1 Å². The lowest BCUT2D eigenvalue weighted by atomic mass is 9.86. The normalized spacial score (nSPS) is 24.9. The number of carbonyl (C=O) groups excluding carboxylic acids is 2. The molecule has 16 heavy (non-hydrogen) atoms. The van der Waals surface area contributed by atoms with Gasteiger partial charge in [-0.3, -0.25) is 9.59 Å². The molecule has 1 aliphatic rings. The summed E-state index contributed by atoms with van der Waals surface area (Å²) in [7, 11) is 1.43. The fraction of sp³-hybridized carbons (Fsp3) is 0.833. The summed E-state index contributed by atoms with van der Waals surface area (Å²) in [5.41, 5.74) is 0. The molecule has 1 amide bonds. The van der Waals surface area contributed by atoms with E-state index in [1.54, 1.807) is 0 Å². The molecule has 0 atom stereocenters. The third kappa shape index (κ3) is 3.83. The van der Waals surface area contributed by atoms with Gasteiger partial charge in [0.05, 0.1) is 13.0 Å². The Balaban J connectivity index is 2.26. The summed E-state index contributed by atoms with van der Waals surface area (Å²) in [6, 6.07) is 0.250. The average Bonchev–Trinajstić information content (AvgIpc) is 2.29. The van der Waals surface area contributed by atoms with Crippen molar-refractivity contribution in [2.45, 2.75) is 51.5 Å². The highest BCUT2D eigenvalue weighted by molar-refractivity contribution is 5.76. The van der Waals surface area contributed by atoms with E-state index in [1.807, 2.05) is 6.92 Å². The van der Waals surface area contributed by atoms with E-state index >= 15 is 0 Å². The van der Waals surface area contributed by atoms with E-state index < -0.39 is 0 Å². The highest BCUT2D eigenvalue weighted by Crippen LogP contribution is 2.25. The van der Waals surface area contributed by atoms with Gasteiger partial charge in [0.2, 0.25) is 5.91 Å². The molecule has 1 saturated carbocycles. The molecule has 4 heteroatoms. The zero-order chi connectivity index (χ0) is 12.0. The third-order valence-electron chi connectivity index (χ3n) is 3.10. The first-order valence-electron chi connectivity index (χ1n) is 6.04. The summed E-state index contributed by atoms with van der Waals surface area (Å²) in [5.74, 6) is 0.0479. The van der Waals surface area contributed by atoms with Crippen molar-refractivity contribution in [1.82, 2.24) is 5.32 Å². The largest absolute Gasteiger partial charge is 0.469 e. The zero-order valence-corrected chi connectivity index (χ0v) is 10.1. The number of hydrogen-bond acceptors (Lipinski definition) is 3. The topological polar surface area (TPSA) is 55.4 Å². The number of hydrogen-bond donors (Lipinski definition) is 1. The average molecular weight is 227 g/mol. The Morgan fingerprint density at radius 3 is 2.38 bits per heavy atom. The van der Waals surface area contributed by atoms with Gasteiger partial charge >= 0.3 is 5.97 Å². The smallest absolute Gasteiger partial charge is 0.308 e. The van der Waals surface area contributed by atoms with Crippen molar-refractivity contribution < 1.29 is 14.3 Å². The van der Waals surface area contributed by atoms with Gasteiger partial charge in [0, 0.05) is 12.5 Å². The van der Waals surface area contributed by atoms with E-state index in [4.69, 9.17) is 4.74 Å². The zero-order valence-electron chi connectivity index (χ0n) is 10.1. The van der Waals surface area contributed by atoms with Gasteiger partial charge < -0.3 is 10.1 Å². The van der Waals surface area contributed by atoms with Crippen LogP contribution in [-0.2, 0) is 14.3 Å². The van der Waals surface area contributed by atoms with Crippen LogP contribution in [0.3, 0.4) is 0 Å². The molecule has 0 aromatic rings. The van der Waals surface area contributed by atoms with Gasteiger partial charge in [-0.15, -0.1) is 0 Å². The molecule has 0 saturated heterocycles. The van der Waals surface area contributed by atoms with Gasteiger partial charge in [0.25, 0.3) is 0 Å². The summed E-state index contributed by atoms with van der Waals surface area (Å²) in [4.78, 5) is 22.7. The minimum absolute atomic E-state index is 0.0318. The van der Waals surface area contributed by atoms with Gasteiger partial charge in [0.15, 0.2) is 0 Å². The quantitative estimate of drug-likeness (QED) is 0.743. The van der Waals surface area contributed by atoms with E-state index in [2.05, 4.69) is 5.32 Å². The third-order valence-corrected chi connectivity index (χ3v) is 3.10. The maximum absolute atomic E-state index is 11.4. The molecular formula is C12H21NO3. The van der Waals surface area contributed by atoms with E-state index in [0.717, 1.165) is 32.1 Å². The lowest BCUT2D eigenvalue weighted by Gasteiger charge is -2.27. The monoisotopic (exact) mass is 227 g/mol. The first kappa shape index (κ1) is 13.0. The second-order valence-electron chi connectivity index (χ2n) is 4.39. The van der Waals surface area contributed by atoms with E-state index in [-0.39, 0.29) is 23.8 Å². The van der Waals surface area contributed by atoms with Crippen LogP contribution in [0.25, 0.3) is 0 Å². The molecule has 0 radical (unpaired) electrons. The number of carbonyl (C=O) groups is 2. The molecule has 4 nitrogen and oxygen atoms in total. The van der Waals surface area contributed by atoms with Gasteiger partial charge in [-0.1, -0.05) is 6.92 Å². The fourth-order valence-electron chi connectivity index (χ4n) is 2.17. The predicted molar refractivity (Wildman–Crippen MR) is 60.8 cm³/mol. The lowest BCUT2D eigenvalue weighted by Crippen LogP contribution is -2.38. The number of rotatable bonds is 4. The Bertz CT molecular complexity index is 245. The van der Waals surface area contributed by atoms with Crippen LogP contribution in [0.15, 0.2) is 0 Å². The molecule has 1 rings (SSSR count). The minimum Gasteiger partial charge on any atom is -0.469 e. The number of nitrogens with one attached hydrogen (secondary N) is 1. The maximum Gasteiger partial charge on any atom is 0.308 e. The Morgan fingerprint density at radius 2 is 1.88 bits per heavy atom. The molecular weight excluding hydrogens is 206 g/mol. The number of esters is 1. The van der Waals surface area contributed by atoms with Crippen LogP contribution in [0.5, 0.6) is 0 Å². The van der Waals surface area contributed by atoms with Gasteiger partial charge in [0.1, 0.15) is 0 Å². The fourth-order valence-corrected chi connectivity index (χ4v) is 2.17. The highest BCUT2D eigenvalue weighted by Gasteiger charge is 2.27. The molecule has 1 aliphatic carbocycles. The molecule has 92 valence electrons. The van der Waals surface area contributed by atoms with Crippen molar-refractivity contribution in [3.63, 3.8) is 0 Å². The van der Waals surface area contributed by atoms with E-state index in [0.29, 0.717) is 6.42 Å². The maximum atomic E-state index is 11.4. The lowest BCUT2D eigenvalue weighted by molar-refractivity contribution is -0.146. The Kier molecular flexibility index (Phi) is 5.29. The molecule has 0 unspecified atom stereocenters. The first-order valence-corrected chi connectivity index (χ1v) is 6.04. The van der Waals surface area contributed by atoms with Crippen LogP contribution < -0.4 is 5.32 Å². The molecule has 0 spiro atoms. The van der Waals surface area contributed by atoms with Crippen molar-refractivity contribution in [1.29, 1.82) is 0 Å². The second-order valence-corrected chi connectivity index (χ2v) is 4.39. The van der Waals surface area contributed by atoms with E-state index in [1.165, 1.54) is 7.11 Å². The number of ether oxygens (including phenoxy) is 1. The van der Waals surface area contributed by atoms with Gasteiger partial charge in [-0.2, -0.15) is 0 Å². The first-order chi connectivity index (χ1) is 7.67. The Hall–Kier alpha value is -1.06. The molecule has 0 aliphatic heterocycles. The van der Waals surface area contributed by atoms with Crippen molar-refractivity contribution >= 4 is 11.9 Å². The SMILES string of the molecule is CCCC(=O)NC1CCC(C(=O)OC)CC1. The van der Waals surface area contributed by atoms with Crippen molar-refractivity contribution in [3.8, 4) is 0 Å². The van der Waals surface area contributed by atoms with Crippen LogP contribution in [-0.4, -0.2) is 25.0 Å². The second kappa shape index (κ2) is 6.51. The molecule has 0 bridgehead atoms. The number of amides is 1. The Morgan fingerprint density at radius 1 is 1.25 bits per heavy atom. The number of methoxy groups -OCH3 is 1. The van der Waals surface area contributed by atoms with Crippen molar-refractivity contribution in [2.24, 2.45) is 5.92 Å². The molecule has 0 heterocycles. The van der Waals surface area contributed by atoms with Crippen LogP contribution in [0.1, 0.15) is 45.4 Å². The highest BCUT2D eigenvalue weighted by atomic mass is 16.5. The van der Waals surface area contributed by atoms with Crippen LogP contribution >= 0.6 is 0 Å². The van der Waals surface area contributed by atoms with Crippen molar-refractivity contribution in [3.05, 3.63) is 0 Å². The van der Waals surface area contributed by atoms with Crippen molar-refractivity contribution in [2.75, 3.05) is 7.11 Å². The van der Waals surface area contributed by atoms with Gasteiger partial charge in [-0.25, -0.2) is 0 Å². The summed E-state index contributed by atoms with van der Waals surface area (Å²) in [6.07, 6.45) is 4.89. The standard InChI is InChI=1S/C12H21NO3/c1-3-4-11(14)13-10-7-5-9(6-8-10)12(15)16-2/h9-10H,3-8H2,1-2H3,(H,13,14). The van der Waals surface area contributed by atoms with Crippen LogP contribution in [0.4, 0.5) is 0 Å². The molecule has 1 N–H and O–H groups in total. The molecule has 0 aromatic heterocycles. The Labute approximate surface area is 96.7 Å². The molecule has 0 aromatic carbocycles.